The summed E-state index contributed by atoms with van der Waals surface area (Å²) in [6.07, 6.45) is 1.31. The Bertz CT molecular complexity index is 523. The van der Waals surface area contributed by atoms with Crippen LogP contribution >= 0.6 is 22.6 Å². The largest absolute Gasteiger partial charge is 0.313 e. The van der Waals surface area contributed by atoms with Crippen LogP contribution in [-0.4, -0.2) is 9.97 Å². The summed E-state index contributed by atoms with van der Waals surface area (Å²) in [7, 11) is 0. The average molecular weight is 290 g/mol. The van der Waals surface area contributed by atoms with Gasteiger partial charge in [-0.05, 0) is 34.7 Å². The first kappa shape index (κ1) is 8.61. The molecule has 3 nitrogen and oxygen atoms in total. The molecule has 1 N–H and O–H groups in total. The fourth-order valence-electron chi connectivity index (χ4n) is 1.10. The number of rotatable bonds is 0. The van der Waals surface area contributed by atoms with Gasteiger partial charge in [-0.2, -0.15) is 0 Å². The van der Waals surface area contributed by atoms with Gasteiger partial charge in [0, 0.05) is 3.57 Å². The fraction of sp³-hybridized carbons (Fsp3) is 0. The molecule has 2 rings (SSSR count). The van der Waals surface area contributed by atoms with Crippen LogP contribution in [0.2, 0.25) is 0 Å². The van der Waals surface area contributed by atoms with Gasteiger partial charge in [0.25, 0.3) is 5.56 Å². The SMILES string of the molecule is O=c1[nH]cnc2c(I)cc(F)cc12. The van der Waals surface area contributed by atoms with Crippen molar-refractivity contribution >= 4 is 33.5 Å². The molecule has 0 amide bonds. The molecule has 0 fully saturated rings. The fourth-order valence-corrected chi connectivity index (χ4v) is 1.83. The number of benzene rings is 1. The smallest absolute Gasteiger partial charge is 0.258 e. The van der Waals surface area contributed by atoms with Crippen molar-refractivity contribution in [2.75, 3.05) is 0 Å². The van der Waals surface area contributed by atoms with Gasteiger partial charge in [0.2, 0.25) is 0 Å². The molecule has 0 saturated carbocycles. The lowest BCUT2D eigenvalue weighted by Crippen LogP contribution is -2.07. The second-order valence-electron chi connectivity index (χ2n) is 2.52. The van der Waals surface area contributed by atoms with Crippen LogP contribution in [0.4, 0.5) is 4.39 Å². The summed E-state index contributed by atoms with van der Waals surface area (Å²) in [5, 5.41) is 0.284. The lowest BCUT2D eigenvalue weighted by molar-refractivity contribution is 0.628. The highest BCUT2D eigenvalue weighted by Gasteiger charge is 2.05. The first-order valence-electron chi connectivity index (χ1n) is 3.51. The van der Waals surface area contributed by atoms with Gasteiger partial charge in [0.1, 0.15) is 5.82 Å². The van der Waals surface area contributed by atoms with E-state index >= 15 is 0 Å². The normalized spacial score (nSPS) is 10.6. The van der Waals surface area contributed by atoms with E-state index in [9.17, 15) is 9.18 Å². The van der Waals surface area contributed by atoms with Gasteiger partial charge in [-0.15, -0.1) is 0 Å². The number of hydrogen-bond acceptors (Lipinski definition) is 2. The van der Waals surface area contributed by atoms with Crippen LogP contribution in [0.15, 0.2) is 23.3 Å². The Kier molecular flexibility index (Phi) is 2.03. The number of hydrogen-bond donors (Lipinski definition) is 1. The first-order valence-corrected chi connectivity index (χ1v) is 4.59. The molecular weight excluding hydrogens is 286 g/mol. The molecule has 1 heterocycles. The van der Waals surface area contributed by atoms with Gasteiger partial charge >= 0.3 is 0 Å². The second kappa shape index (κ2) is 3.06. The van der Waals surface area contributed by atoms with Crippen molar-refractivity contribution < 1.29 is 4.39 Å². The highest BCUT2D eigenvalue weighted by Crippen LogP contribution is 2.16. The number of fused-ring (bicyclic) bond motifs is 1. The molecule has 5 heteroatoms. The monoisotopic (exact) mass is 290 g/mol. The minimum Gasteiger partial charge on any atom is -0.313 e. The molecule has 1 aromatic heterocycles. The molecule has 0 spiro atoms. The lowest BCUT2D eigenvalue weighted by atomic mass is 10.2. The standard InChI is InChI=1S/C8H4FIN2O/c9-4-1-5-7(6(10)2-4)11-3-12-8(5)13/h1-3H,(H,11,12,13). The third-order valence-electron chi connectivity index (χ3n) is 1.66. The summed E-state index contributed by atoms with van der Waals surface area (Å²) in [6, 6.07) is 2.53. The van der Waals surface area contributed by atoms with Gasteiger partial charge < -0.3 is 4.98 Å². The maximum Gasteiger partial charge on any atom is 0.258 e. The lowest BCUT2D eigenvalue weighted by Gasteiger charge is -1.97. The summed E-state index contributed by atoms with van der Waals surface area (Å²) in [4.78, 5) is 17.6. The highest BCUT2D eigenvalue weighted by atomic mass is 127. The van der Waals surface area contributed by atoms with Crippen LogP contribution in [0.5, 0.6) is 0 Å². The van der Waals surface area contributed by atoms with E-state index in [2.05, 4.69) is 9.97 Å². The van der Waals surface area contributed by atoms with Gasteiger partial charge in [-0.25, -0.2) is 9.37 Å². The molecule has 0 aliphatic heterocycles. The van der Waals surface area contributed by atoms with E-state index in [0.29, 0.717) is 9.09 Å². The Morgan fingerprint density at radius 3 is 3.00 bits per heavy atom. The van der Waals surface area contributed by atoms with Gasteiger partial charge in [-0.3, -0.25) is 4.79 Å². The van der Waals surface area contributed by atoms with E-state index in [1.807, 2.05) is 22.6 Å². The quantitative estimate of drug-likeness (QED) is 0.750. The zero-order valence-electron chi connectivity index (χ0n) is 6.34. The Morgan fingerprint density at radius 2 is 2.23 bits per heavy atom. The second-order valence-corrected chi connectivity index (χ2v) is 3.68. The van der Waals surface area contributed by atoms with E-state index in [4.69, 9.17) is 0 Å². The van der Waals surface area contributed by atoms with E-state index in [0.717, 1.165) is 0 Å². The van der Waals surface area contributed by atoms with E-state index in [-0.39, 0.29) is 10.9 Å². The summed E-state index contributed by atoms with van der Waals surface area (Å²) < 4.78 is 13.5. The Labute approximate surface area is 86.1 Å². The predicted octanol–water partition coefficient (Wildman–Crippen LogP) is 1.67. The van der Waals surface area contributed by atoms with Crippen LogP contribution in [0.3, 0.4) is 0 Å². The first-order chi connectivity index (χ1) is 6.18. The number of H-pyrrole nitrogens is 1. The number of aromatic amines is 1. The van der Waals surface area contributed by atoms with Crippen LogP contribution in [0.25, 0.3) is 10.9 Å². The summed E-state index contributed by atoms with van der Waals surface area (Å²) in [5.74, 6) is -0.421. The summed E-state index contributed by atoms with van der Waals surface area (Å²) >= 11 is 1.95. The molecule has 13 heavy (non-hydrogen) atoms. The Morgan fingerprint density at radius 1 is 1.46 bits per heavy atom. The van der Waals surface area contributed by atoms with Crippen molar-refractivity contribution in [3.63, 3.8) is 0 Å². The van der Waals surface area contributed by atoms with E-state index in [1.54, 1.807) is 0 Å². The molecule has 0 radical (unpaired) electrons. The molecule has 0 aliphatic rings. The maximum absolute atomic E-state index is 12.9. The molecule has 66 valence electrons. The van der Waals surface area contributed by atoms with Crippen molar-refractivity contribution in [1.82, 2.24) is 9.97 Å². The minimum atomic E-state index is -0.421. The van der Waals surface area contributed by atoms with Crippen molar-refractivity contribution in [2.45, 2.75) is 0 Å². The third-order valence-corrected chi connectivity index (χ3v) is 2.48. The van der Waals surface area contributed by atoms with Gasteiger partial charge in [0.05, 0.1) is 17.2 Å². The zero-order chi connectivity index (χ0) is 9.42. The van der Waals surface area contributed by atoms with Crippen LogP contribution in [0.1, 0.15) is 0 Å². The number of nitrogens with one attached hydrogen (secondary N) is 1. The molecule has 1 aromatic carbocycles. The van der Waals surface area contributed by atoms with E-state index in [1.165, 1.54) is 18.5 Å². The van der Waals surface area contributed by atoms with Crippen molar-refractivity contribution in [3.8, 4) is 0 Å². The highest BCUT2D eigenvalue weighted by molar-refractivity contribution is 14.1. The molecule has 0 aliphatic carbocycles. The number of aromatic nitrogens is 2. The molecule has 0 unspecified atom stereocenters. The number of halogens is 2. The summed E-state index contributed by atoms with van der Waals surface area (Å²) in [6.45, 7) is 0. The number of nitrogens with zero attached hydrogens (tertiary/aromatic N) is 1. The molecule has 0 saturated heterocycles. The predicted molar refractivity (Wildman–Crippen MR) is 55.0 cm³/mol. The van der Waals surface area contributed by atoms with Crippen molar-refractivity contribution in [2.24, 2.45) is 0 Å². The van der Waals surface area contributed by atoms with Gasteiger partial charge in [-0.1, -0.05) is 0 Å². The van der Waals surface area contributed by atoms with Gasteiger partial charge in [0.15, 0.2) is 0 Å². The topological polar surface area (TPSA) is 45.8 Å². The van der Waals surface area contributed by atoms with Crippen LogP contribution in [-0.2, 0) is 0 Å². The third kappa shape index (κ3) is 1.43. The maximum atomic E-state index is 12.9. The molecular formula is C8H4FIN2O. The van der Waals surface area contributed by atoms with Crippen LogP contribution < -0.4 is 5.56 Å². The molecule has 0 bridgehead atoms. The Balaban J connectivity index is 3.03. The average Bonchev–Trinajstić information content (AvgIpc) is 2.07. The zero-order valence-corrected chi connectivity index (χ0v) is 8.50. The molecule has 0 atom stereocenters. The van der Waals surface area contributed by atoms with Crippen molar-refractivity contribution in [1.29, 1.82) is 0 Å². The summed E-state index contributed by atoms with van der Waals surface area (Å²) in [5.41, 5.74) is 0.216. The Hall–Kier alpha value is -0.980. The van der Waals surface area contributed by atoms with E-state index < -0.39 is 5.82 Å². The van der Waals surface area contributed by atoms with Crippen LogP contribution in [0, 0.1) is 9.39 Å². The molecule has 2 aromatic rings. The minimum absolute atomic E-state index is 0.284. The van der Waals surface area contributed by atoms with Crippen molar-refractivity contribution in [3.05, 3.63) is 38.2 Å².